The van der Waals surface area contributed by atoms with Crippen LogP contribution in [-0.2, 0) is 9.53 Å². The number of esters is 1. The Balaban J connectivity index is 1.35. The summed E-state index contributed by atoms with van der Waals surface area (Å²) < 4.78 is 5.07. The van der Waals surface area contributed by atoms with E-state index < -0.39 is 12.0 Å². The van der Waals surface area contributed by atoms with E-state index in [0.717, 1.165) is 6.42 Å². The molecule has 0 aliphatic carbocycles. The first kappa shape index (κ1) is 23.0. The third kappa shape index (κ3) is 6.66. The van der Waals surface area contributed by atoms with Gasteiger partial charge in [-0.1, -0.05) is 6.92 Å². The molecule has 170 valence electrons. The second kappa shape index (κ2) is 11.6. The fraction of sp³-hybridized carbons (Fsp3) is 0.409. The summed E-state index contributed by atoms with van der Waals surface area (Å²) in [5.41, 5.74) is 0.967. The van der Waals surface area contributed by atoms with E-state index in [0.29, 0.717) is 50.0 Å². The molecule has 0 unspecified atom stereocenters. The first-order valence-electron chi connectivity index (χ1n) is 10.7. The summed E-state index contributed by atoms with van der Waals surface area (Å²) in [6, 6.07) is 7.80. The molecule has 0 radical (unpaired) electrons. The van der Waals surface area contributed by atoms with Crippen LogP contribution in [0.2, 0.25) is 0 Å². The third-order valence-electron chi connectivity index (χ3n) is 4.91. The molecule has 2 N–H and O–H groups in total. The highest BCUT2D eigenvalue weighted by atomic mass is 16.5. The summed E-state index contributed by atoms with van der Waals surface area (Å²) in [6.07, 6.45) is 4.38. The van der Waals surface area contributed by atoms with Crippen LogP contribution in [0.3, 0.4) is 0 Å². The number of carbonyl (C=O) groups excluding carboxylic acids is 3. The molecule has 2 aromatic rings. The number of aromatic nitrogens is 2. The average molecular weight is 441 g/mol. The summed E-state index contributed by atoms with van der Waals surface area (Å²) >= 11 is 0. The molecule has 3 rings (SSSR count). The van der Waals surface area contributed by atoms with Crippen LogP contribution in [0.4, 0.5) is 16.4 Å². The maximum absolute atomic E-state index is 12.4. The average Bonchev–Trinajstić information content (AvgIpc) is 2.83. The molecule has 10 nitrogen and oxygen atoms in total. The molecule has 1 aliphatic heterocycles. The van der Waals surface area contributed by atoms with E-state index in [4.69, 9.17) is 4.74 Å². The van der Waals surface area contributed by atoms with Gasteiger partial charge in [0, 0.05) is 57.2 Å². The van der Waals surface area contributed by atoms with Crippen LogP contribution in [0.1, 0.15) is 30.1 Å². The lowest BCUT2D eigenvalue weighted by Crippen LogP contribution is -2.49. The van der Waals surface area contributed by atoms with Gasteiger partial charge in [0.15, 0.2) is 0 Å². The molecule has 10 heteroatoms. The predicted molar refractivity (Wildman–Crippen MR) is 119 cm³/mol. The molecule has 32 heavy (non-hydrogen) atoms. The first-order valence-corrected chi connectivity index (χ1v) is 10.7. The summed E-state index contributed by atoms with van der Waals surface area (Å²) in [7, 11) is 0. The summed E-state index contributed by atoms with van der Waals surface area (Å²) in [6.45, 7) is 5.06. The molecular formula is C22H28N6O4. The number of carbonyl (C=O) groups is 3. The van der Waals surface area contributed by atoms with Crippen molar-refractivity contribution in [3.05, 3.63) is 48.3 Å². The maximum Gasteiger partial charge on any atom is 0.338 e. The van der Waals surface area contributed by atoms with Crippen LogP contribution in [0.15, 0.2) is 42.7 Å². The van der Waals surface area contributed by atoms with Gasteiger partial charge in [-0.25, -0.2) is 19.6 Å². The van der Waals surface area contributed by atoms with E-state index in [-0.39, 0.29) is 18.9 Å². The Morgan fingerprint density at radius 1 is 1.03 bits per heavy atom. The van der Waals surface area contributed by atoms with Crippen molar-refractivity contribution in [3.63, 3.8) is 0 Å². The zero-order valence-corrected chi connectivity index (χ0v) is 18.1. The molecule has 1 aliphatic rings. The minimum absolute atomic E-state index is 0.00567. The van der Waals surface area contributed by atoms with Crippen molar-refractivity contribution in [2.45, 2.75) is 19.8 Å². The number of piperazine rings is 1. The Kier molecular flexibility index (Phi) is 8.36. The smallest absolute Gasteiger partial charge is 0.338 e. The quantitative estimate of drug-likeness (QED) is 0.602. The van der Waals surface area contributed by atoms with Crippen molar-refractivity contribution in [2.75, 3.05) is 49.5 Å². The van der Waals surface area contributed by atoms with Crippen molar-refractivity contribution in [3.8, 4) is 0 Å². The zero-order chi connectivity index (χ0) is 22.8. The van der Waals surface area contributed by atoms with Gasteiger partial charge in [0.05, 0.1) is 12.2 Å². The predicted octanol–water partition coefficient (Wildman–Crippen LogP) is 1.90. The number of nitrogens with zero attached hydrogens (tertiary/aromatic N) is 4. The molecule has 1 fully saturated rings. The van der Waals surface area contributed by atoms with Gasteiger partial charge in [-0.3, -0.25) is 4.79 Å². The second-order valence-corrected chi connectivity index (χ2v) is 7.26. The topological polar surface area (TPSA) is 117 Å². The Bertz CT molecular complexity index is 898. The van der Waals surface area contributed by atoms with Gasteiger partial charge >= 0.3 is 12.0 Å². The van der Waals surface area contributed by atoms with Crippen LogP contribution in [0, 0.1) is 0 Å². The minimum atomic E-state index is -0.412. The number of anilines is 2. The fourth-order valence-corrected chi connectivity index (χ4v) is 3.19. The normalized spacial score (nSPS) is 13.4. The van der Waals surface area contributed by atoms with Crippen LogP contribution < -0.4 is 15.5 Å². The van der Waals surface area contributed by atoms with Crippen molar-refractivity contribution < 1.29 is 19.1 Å². The van der Waals surface area contributed by atoms with E-state index in [1.807, 2.05) is 11.8 Å². The molecular weight excluding hydrogens is 412 g/mol. The van der Waals surface area contributed by atoms with Crippen molar-refractivity contribution >= 4 is 29.5 Å². The van der Waals surface area contributed by atoms with Gasteiger partial charge in [0.1, 0.15) is 0 Å². The molecule has 1 aromatic carbocycles. The van der Waals surface area contributed by atoms with Crippen LogP contribution in [0.5, 0.6) is 0 Å². The lowest BCUT2D eigenvalue weighted by Gasteiger charge is -2.34. The Labute approximate surface area is 187 Å². The standard InChI is InChI=1S/C22H28N6O4/c1-2-16-32-20(30)17-4-6-18(7-5-17)26-22(31)25-11-8-19(29)27-12-14-28(15-13-27)21-23-9-3-10-24-21/h3-7,9-10H,2,8,11-16H2,1H3,(H2,25,26,31). The highest BCUT2D eigenvalue weighted by Crippen LogP contribution is 2.12. The second-order valence-electron chi connectivity index (χ2n) is 7.26. The molecule has 1 saturated heterocycles. The Hall–Kier alpha value is -3.69. The van der Waals surface area contributed by atoms with E-state index in [1.54, 1.807) is 47.6 Å². The minimum Gasteiger partial charge on any atom is -0.462 e. The van der Waals surface area contributed by atoms with E-state index in [1.165, 1.54) is 0 Å². The summed E-state index contributed by atoms with van der Waals surface area (Å²) in [4.78, 5) is 48.6. The zero-order valence-electron chi connectivity index (χ0n) is 18.1. The molecule has 0 bridgehead atoms. The number of hydrogen-bond donors (Lipinski definition) is 2. The molecule has 0 spiro atoms. The lowest BCUT2D eigenvalue weighted by molar-refractivity contribution is -0.131. The van der Waals surface area contributed by atoms with Gasteiger partial charge < -0.3 is 25.2 Å². The van der Waals surface area contributed by atoms with Gasteiger partial charge in [-0.15, -0.1) is 0 Å². The monoisotopic (exact) mass is 440 g/mol. The fourth-order valence-electron chi connectivity index (χ4n) is 3.19. The highest BCUT2D eigenvalue weighted by Gasteiger charge is 2.22. The van der Waals surface area contributed by atoms with Gasteiger partial charge in [0.2, 0.25) is 11.9 Å². The molecule has 3 amide bonds. The molecule has 0 atom stereocenters. The third-order valence-corrected chi connectivity index (χ3v) is 4.91. The number of ether oxygens (including phenoxy) is 1. The van der Waals surface area contributed by atoms with Gasteiger partial charge in [0.25, 0.3) is 0 Å². The Morgan fingerprint density at radius 3 is 2.38 bits per heavy atom. The number of amides is 3. The van der Waals surface area contributed by atoms with Crippen molar-refractivity contribution in [1.29, 1.82) is 0 Å². The number of rotatable bonds is 8. The van der Waals surface area contributed by atoms with E-state index in [2.05, 4.69) is 20.6 Å². The maximum atomic E-state index is 12.4. The molecule has 1 aromatic heterocycles. The van der Waals surface area contributed by atoms with E-state index >= 15 is 0 Å². The number of benzene rings is 1. The largest absolute Gasteiger partial charge is 0.462 e. The SMILES string of the molecule is CCCOC(=O)c1ccc(NC(=O)NCCC(=O)N2CCN(c3ncccn3)CC2)cc1. The number of urea groups is 1. The van der Waals surface area contributed by atoms with Crippen LogP contribution >= 0.6 is 0 Å². The van der Waals surface area contributed by atoms with Crippen molar-refractivity contribution in [1.82, 2.24) is 20.2 Å². The molecule has 2 heterocycles. The number of hydrogen-bond acceptors (Lipinski definition) is 7. The number of nitrogens with one attached hydrogen (secondary N) is 2. The first-order chi connectivity index (χ1) is 15.6. The highest BCUT2D eigenvalue weighted by molar-refractivity contribution is 5.92. The lowest BCUT2D eigenvalue weighted by atomic mass is 10.2. The summed E-state index contributed by atoms with van der Waals surface area (Å²) in [5, 5.41) is 5.36. The van der Waals surface area contributed by atoms with E-state index in [9.17, 15) is 14.4 Å². The molecule has 0 saturated carbocycles. The Morgan fingerprint density at radius 2 is 1.72 bits per heavy atom. The summed E-state index contributed by atoms with van der Waals surface area (Å²) in [5.74, 6) is 0.274. The van der Waals surface area contributed by atoms with Gasteiger partial charge in [-0.05, 0) is 36.8 Å². The van der Waals surface area contributed by atoms with Crippen LogP contribution in [0.25, 0.3) is 0 Å². The van der Waals surface area contributed by atoms with Crippen LogP contribution in [-0.4, -0.2) is 72.1 Å². The van der Waals surface area contributed by atoms with Crippen molar-refractivity contribution in [2.24, 2.45) is 0 Å². The van der Waals surface area contributed by atoms with Gasteiger partial charge in [-0.2, -0.15) is 0 Å².